The highest BCUT2D eigenvalue weighted by molar-refractivity contribution is 7.12. The van der Waals surface area contributed by atoms with Crippen LogP contribution in [0.15, 0.2) is 35.7 Å². The fourth-order valence-corrected chi connectivity index (χ4v) is 4.05. The van der Waals surface area contributed by atoms with Gasteiger partial charge in [-0.3, -0.25) is 9.59 Å². The fourth-order valence-electron chi connectivity index (χ4n) is 3.36. The zero-order valence-electron chi connectivity index (χ0n) is 16.3. The van der Waals surface area contributed by atoms with Crippen LogP contribution < -0.4 is 14.8 Å². The minimum Gasteiger partial charge on any atom is -0.493 e. The Morgan fingerprint density at radius 3 is 2.86 bits per heavy atom. The van der Waals surface area contributed by atoms with Gasteiger partial charge in [-0.1, -0.05) is 12.1 Å². The van der Waals surface area contributed by atoms with E-state index in [2.05, 4.69) is 5.32 Å². The summed E-state index contributed by atoms with van der Waals surface area (Å²) in [5.74, 6) is 1.16. The fraction of sp³-hybridized carbons (Fsp3) is 0.429. The number of ether oxygens (including phenoxy) is 2. The monoisotopic (exact) mass is 402 g/mol. The Morgan fingerprint density at radius 2 is 2.14 bits per heavy atom. The number of rotatable bonds is 7. The molecule has 1 N–H and O–H groups in total. The molecule has 6 nitrogen and oxygen atoms in total. The highest BCUT2D eigenvalue weighted by Crippen LogP contribution is 2.28. The van der Waals surface area contributed by atoms with Crippen LogP contribution in [0.5, 0.6) is 11.5 Å². The van der Waals surface area contributed by atoms with Crippen molar-refractivity contribution in [1.29, 1.82) is 0 Å². The van der Waals surface area contributed by atoms with Crippen molar-refractivity contribution >= 4 is 23.2 Å². The van der Waals surface area contributed by atoms with E-state index < -0.39 is 0 Å². The summed E-state index contributed by atoms with van der Waals surface area (Å²) >= 11 is 1.44. The predicted octanol–water partition coefficient (Wildman–Crippen LogP) is 3.32. The number of hydrogen-bond donors (Lipinski definition) is 1. The number of thiophene rings is 1. The molecule has 0 saturated carbocycles. The molecule has 0 radical (unpaired) electrons. The van der Waals surface area contributed by atoms with Gasteiger partial charge in [-0.2, -0.15) is 0 Å². The molecule has 1 aliphatic heterocycles. The molecule has 1 fully saturated rings. The molecule has 1 saturated heterocycles. The van der Waals surface area contributed by atoms with Gasteiger partial charge in [0.05, 0.1) is 24.5 Å². The number of likely N-dealkylation sites (tertiary alicyclic amines) is 1. The molecular weight excluding hydrogens is 376 g/mol. The van der Waals surface area contributed by atoms with Crippen LogP contribution in [0.3, 0.4) is 0 Å². The second kappa shape index (κ2) is 9.59. The SMILES string of the molecule is CCOc1ccc(CNC(=O)C2CCCN(C(=O)c3cccs3)C2)cc1OC. The van der Waals surface area contributed by atoms with Crippen LogP contribution in [0.4, 0.5) is 0 Å². The second-order valence-electron chi connectivity index (χ2n) is 6.70. The van der Waals surface area contributed by atoms with Crippen LogP contribution in [0, 0.1) is 5.92 Å². The summed E-state index contributed by atoms with van der Waals surface area (Å²) in [5.41, 5.74) is 0.941. The lowest BCUT2D eigenvalue weighted by Gasteiger charge is -2.31. The van der Waals surface area contributed by atoms with Gasteiger partial charge in [0.15, 0.2) is 11.5 Å². The Bertz CT molecular complexity index is 807. The molecule has 1 atom stereocenters. The van der Waals surface area contributed by atoms with Crippen molar-refractivity contribution in [1.82, 2.24) is 10.2 Å². The first-order valence-electron chi connectivity index (χ1n) is 9.52. The lowest BCUT2D eigenvalue weighted by Crippen LogP contribution is -2.45. The van der Waals surface area contributed by atoms with E-state index in [0.29, 0.717) is 37.7 Å². The topological polar surface area (TPSA) is 67.9 Å². The molecule has 0 spiro atoms. The van der Waals surface area contributed by atoms with Gasteiger partial charge in [0, 0.05) is 19.6 Å². The van der Waals surface area contributed by atoms with Gasteiger partial charge >= 0.3 is 0 Å². The van der Waals surface area contributed by atoms with Crippen molar-refractivity contribution in [3.63, 3.8) is 0 Å². The molecule has 1 aromatic heterocycles. The molecule has 0 aliphatic carbocycles. The molecule has 2 heterocycles. The van der Waals surface area contributed by atoms with Crippen LogP contribution >= 0.6 is 11.3 Å². The maximum Gasteiger partial charge on any atom is 0.263 e. The van der Waals surface area contributed by atoms with Crippen molar-refractivity contribution in [3.8, 4) is 11.5 Å². The third-order valence-corrected chi connectivity index (χ3v) is 5.66. The summed E-state index contributed by atoms with van der Waals surface area (Å²) in [4.78, 5) is 27.7. The van der Waals surface area contributed by atoms with Crippen molar-refractivity contribution in [2.45, 2.75) is 26.3 Å². The van der Waals surface area contributed by atoms with Crippen LogP contribution in [-0.2, 0) is 11.3 Å². The van der Waals surface area contributed by atoms with Gasteiger partial charge in [0.2, 0.25) is 5.91 Å². The maximum atomic E-state index is 12.6. The number of nitrogens with zero attached hydrogens (tertiary/aromatic N) is 1. The smallest absolute Gasteiger partial charge is 0.263 e. The third kappa shape index (κ3) is 4.84. The lowest BCUT2D eigenvalue weighted by molar-refractivity contribution is -0.126. The number of methoxy groups -OCH3 is 1. The lowest BCUT2D eigenvalue weighted by atomic mass is 9.97. The zero-order valence-corrected chi connectivity index (χ0v) is 17.1. The normalized spacial score (nSPS) is 16.5. The number of piperidine rings is 1. The first-order valence-corrected chi connectivity index (χ1v) is 10.4. The average Bonchev–Trinajstić information content (AvgIpc) is 3.27. The van der Waals surface area contributed by atoms with Gasteiger partial charge in [-0.15, -0.1) is 11.3 Å². The van der Waals surface area contributed by atoms with Crippen molar-refractivity contribution in [2.75, 3.05) is 26.8 Å². The maximum absolute atomic E-state index is 12.6. The predicted molar refractivity (Wildman–Crippen MR) is 109 cm³/mol. The number of nitrogens with one attached hydrogen (secondary N) is 1. The molecule has 1 aromatic carbocycles. The molecule has 28 heavy (non-hydrogen) atoms. The van der Waals surface area contributed by atoms with E-state index in [4.69, 9.17) is 9.47 Å². The van der Waals surface area contributed by atoms with Crippen molar-refractivity contribution in [2.24, 2.45) is 5.92 Å². The first kappa shape index (κ1) is 20.2. The summed E-state index contributed by atoms with van der Waals surface area (Å²) in [7, 11) is 1.60. The van der Waals surface area contributed by atoms with E-state index in [9.17, 15) is 9.59 Å². The highest BCUT2D eigenvalue weighted by Gasteiger charge is 2.29. The molecule has 2 amide bonds. The second-order valence-corrected chi connectivity index (χ2v) is 7.65. The first-order chi connectivity index (χ1) is 13.6. The van der Waals surface area contributed by atoms with E-state index in [-0.39, 0.29) is 17.7 Å². The molecule has 2 aromatic rings. The largest absolute Gasteiger partial charge is 0.493 e. The Morgan fingerprint density at radius 1 is 1.29 bits per heavy atom. The quantitative estimate of drug-likeness (QED) is 0.771. The summed E-state index contributed by atoms with van der Waals surface area (Å²) in [5, 5.41) is 4.89. The molecule has 3 rings (SSSR count). The molecule has 150 valence electrons. The minimum atomic E-state index is -0.178. The highest BCUT2D eigenvalue weighted by atomic mass is 32.1. The molecule has 1 aliphatic rings. The summed E-state index contributed by atoms with van der Waals surface area (Å²) < 4.78 is 10.9. The average molecular weight is 403 g/mol. The Balaban J connectivity index is 1.56. The van der Waals surface area contributed by atoms with Crippen LogP contribution in [0.2, 0.25) is 0 Å². The third-order valence-electron chi connectivity index (χ3n) is 4.81. The van der Waals surface area contributed by atoms with Crippen LogP contribution in [0.1, 0.15) is 35.0 Å². The minimum absolute atomic E-state index is 0.0171. The number of benzene rings is 1. The van der Waals surface area contributed by atoms with E-state index in [1.165, 1.54) is 11.3 Å². The molecular formula is C21H26N2O4S. The van der Waals surface area contributed by atoms with Gasteiger partial charge in [0.25, 0.3) is 5.91 Å². The van der Waals surface area contributed by atoms with Crippen molar-refractivity contribution < 1.29 is 19.1 Å². The number of amides is 2. The van der Waals surface area contributed by atoms with Crippen LogP contribution in [0.25, 0.3) is 0 Å². The van der Waals surface area contributed by atoms with Gasteiger partial charge in [-0.25, -0.2) is 0 Å². The van der Waals surface area contributed by atoms with E-state index in [1.54, 1.807) is 12.0 Å². The standard InChI is InChI=1S/C21H26N2O4S/c1-3-27-17-9-8-15(12-18(17)26-2)13-22-20(24)16-6-4-10-23(14-16)21(25)19-7-5-11-28-19/h5,7-9,11-12,16H,3-4,6,10,13-14H2,1-2H3,(H,22,24). The summed E-state index contributed by atoms with van der Waals surface area (Å²) in [6.45, 7) is 4.07. The zero-order chi connectivity index (χ0) is 19.9. The summed E-state index contributed by atoms with van der Waals surface area (Å²) in [6, 6.07) is 9.35. The summed E-state index contributed by atoms with van der Waals surface area (Å²) in [6.07, 6.45) is 1.64. The van der Waals surface area contributed by atoms with Gasteiger partial charge in [0.1, 0.15) is 0 Å². The number of hydrogen-bond acceptors (Lipinski definition) is 5. The molecule has 0 bridgehead atoms. The van der Waals surface area contributed by atoms with Crippen molar-refractivity contribution in [3.05, 3.63) is 46.2 Å². The van der Waals surface area contributed by atoms with E-state index in [1.807, 2.05) is 42.6 Å². The van der Waals surface area contributed by atoms with E-state index >= 15 is 0 Å². The Labute approximate surface area is 169 Å². The molecule has 7 heteroatoms. The van der Waals surface area contributed by atoms with E-state index in [0.717, 1.165) is 23.3 Å². The Hall–Kier alpha value is -2.54. The number of carbonyl (C=O) groups is 2. The van der Waals surface area contributed by atoms with Gasteiger partial charge < -0.3 is 19.7 Å². The Kier molecular flexibility index (Phi) is 6.92. The van der Waals surface area contributed by atoms with Gasteiger partial charge in [-0.05, 0) is 48.9 Å². The van der Waals surface area contributed by atoms with Crippen LogP contribution in [-0.4, -0.2) is 43.5 Å². The molecule has 1 unspecified atom stereocenters. The number of carbonyl (C=O) groups excluding carboxylic acids is 2.